The summed E-state index contributed by atoms with van der Waals surface area (Å²) in [5, 5.41) is 6.45. The quantitative estimate of drug-likeness (QED) is 0.489. The Hall–Kier alpha value is -3.06. The standard InChI is InChI=1S/C24H24N2O4S/c1-15(20-22(24(28)30-23(20)27)31-18-12-8-5-9-13-18)14-19-25-26(3)16(2)21(29-19)17-10-6-4-7-11-17/h4-13,15-16,21H,14H2,1-3H3/t15-,16+,21+/m1/s1. The molecule has 0 aromatic heterocycles. The van der Waals surface area contributed by atoms with Crippen LogP contribution in [0.1, 0.15) is 31.9 Å². The van der Waals surface area contributed by atoms with E-state index in [2.05, 4.69) is 12.0 Å². The first-order valence-corrected chi connectivity index (χ1v) is 11.0. The number of carbonyl (C=O) groups is 2. The molecule has 0 bridgehead atoms. The van der Waals surface area contributed by atoms with Crippen molar-refractivity contribution in [3.05, 3.63) is 76.7 Å². The molecule has 2 aliphatic heterocycles. The van der Waals surface area contributed by atoms with E-state index in [9.17, 15) is 9.59 Å². The number of hydrazone groups is 1. The number of likely N-dealkylation sites (N-methyl/N-ethyl adjacent to an activating group) is 1. The second-order valence-corrected chi connectivity index (χ2v) is 8.78. The molecule has 2 heterocycles. The average molecular weight is 437 g/mol. The fraction of sp³-hybridized carbons (Fsp3) is 0.292. The van der Waals surface area contributed by atoms with Crippen molar-refractivity contribution in [2.75, 3.05) is 7.05 Å². The summed E-state index contributed by atoms with van der Waals surface area (Å²) in [6.07, 6.45) is 0.215. The second kappa shape index (κ2) is 8.98. The van der Waals surface area contributed by atoms with E-state index in [-0.39, 0.29) is 18.1 Å². The molecule has 6 nitrogen and oxygen atoms in total. The SMILES string of the molecule is C[C@H](CC1=NN(C)[C@@H](C)[C@@H](c2ccccc2)O1)C1=C(Sc2ccccc2)C(=O)OC1=O. The summed E-state index contributed by atoms with van der Waals surface area (Å²) < 4.78 is 11.2. The van der Waals surface area contributed by atoms with Gasteiger partial charge in [-0.25, -0.2) is 9.59 Å². The molecule has 3 atom stereocenters. The lowest BCUT2D eigenvalue weighted by molar-refractivity contribution is -0.151. The van der Waals surface area contributed by atoms with Crippen LogP contribution in [0.4, 0.5) is 0 Å². The van der Waals surface area contributed by atoms with Crippen molar-refractivity contribution < 1.29 is 19.1 Å². The topological polar surface area (TPSA) is 68.2 Å². The Bertz CT molecular complexity index is 1040. The third-order valence-electron chi connectivity index (χ3n) is 5.46. The lowest BCUT2D eigenvalue weighted by Crippen LogP contribution is -2.39. The van der Waals surface area contributed by atoms with Gasteiger partial charge in [0.15, 0.2) is 0 Å². The monoisotopic (exact) mass is 436 g/mol. The Morgan fingerprint density at radius 2 is 1.68 bits per heavy atom. The number of benzene rings is 2. The van der Waals surface area contributed by atoms with Crippen LogP contribution in [-0.4, -0.2) is 35.9 Å². The maximum atomic E-state index is 12.5. The third-order valence-corrected chi connectivity index (χ3v) is 6.56. The van der Waals surface area contributed by atoms with Gasteiger partial charge in [0.2, 0.25) is 5.90 Å². The largest absolute Gasteiger partial charge is 0.469 e. The van der Waals surface area contributed by atoms with Crippen LogP contribution in [0.2, 0.25) is 0 Å². The molecule has 0 amide bonds. The van der Waals surface area contributed by atoms with Crippen LogP contribution in [0.15, 0.2) is 81.1 Å². The molecule has 0 saturated carbocycles. The van der Waals surface area contributed by atoms with E-state index in [1.807, 2.05) is 79.6 Å². The van der Waals surface area contributed by atoms with Crippen molar-refractivity contribution in [3.63, 3.8) is 0 Å². The Labute approximate surface area is 185 Å². The van der Waals surface area contributed by atoms with E-state index in [4.69, 9.17) is 9.47 Å². The van der Waals surface area contributed by atoms with Crippen LogP contribution in [0.3, 0.4) is 0 Å². The Kier molecular flexibility index (Phi) is 6.13. The molecular formula is C24H24N2O4S. The molecule has 31 heavy (non-hydrogen) atoms. The highest BCUT2D eigenvalue weighted by Gasteiger charge is 2.38. The van der Waals surface area contributed by atoms with Crippen LogP contribution in [-0.2, 0) is 19.1 Å². The van der Waals surface area contributed by atoms with E-state index < -0.39 is 11.9 Å². The molecule has 7 heteroatoms. The van der Waals surface area contributed by atoms with Crippen molar-refractivity contribution in [1.82, 2.24) is 5.01 Å². The Morgan fingerprint density at radius 1 is 1.03 bits per heavy atom. The van der Waals surface area contributed by atoms with Crippen LogP contribution in [0.25, 0.3) is 0 Å². The maximum absolute atomic E-state index is 12.5. The number of carbonyl (C=O) groups excluding carboxylic acids is 2. The highest BCUT2D eigenvalue weighted by molar-refractivity contribution is 8.04. The van der Waals surface area contributed by atoms with Gasteiger partial charge in [0.25, 0.3) is 0 Å². The number of rotatable bonds is 6. The number of esters is 2. The molecule has 2 aromatic carbocycles. The van der Waals surface area contributed by atoms with Crippen molar-refractivity contribution >= 4 is 29.6 Å². The van der Waals surface area contributed by atoms with Gasteiger partial charge in [0, 0.05) is 18.4 Å². The fourth-order valence-electron chi connectivity index (χ4n) is 3.69. The molecule has 0 saturated heterocycles. The van der Waals surface area contributed by atoms with Gasteiger partial charge in [-0.1, -0.05) is 67.2 Å². The van der Waals surface area contributed by atoms with Gasteiger partial charge in [0.1, 0.15) is 11.0 Å². The van der Waals surface area contributed by atoms with Crippen LogP contribution in [0, 0.1) is 5.92 Å². The molecule has 4 rings (SSSR count). The first-order valence-electron chi connectivity index (χ1n) is 10.2. The molecule has 2 aliphatic rings. The summed E-state index contributed by atoms with van der Waals surface area (Å²) >= 11 is 1.25. The minimum Gasteiger partial charge on any atom is -0.469 e. The number of cyclic esters (lactones) is 2. The van der Waals surface area contributed by atoms with Crippen LogP contribution in [0.5, 0.6) is 0 Å². The lowest BCUT2D eigenvalue weighted by atomic mass is 9.97. The number of hydrogen-bond donors (Lipinski definition) is 0. The Balaban J connectivity index is 1.57. The van der Waals surface area contributed by atoms with Gasteiger partial charge >= 0.3 is 11.9 Å². The van der Waals surface area contributed by atoms with Gasteiger partial charge < -0.3 is 9.47 Å². The number of nitrogens with zero attached hydrogens (tertiary/aromatic N) is 2. The number of hydrogen-bond acceptors (Lipinski definition) is 7. The average Bonchev–Trinajstić information content (AvgIpc) is 3.04. The summed E-state index contributed by atoms with van der Waals surface area (Å²) in [5.74, 6) is -0.943. The van der Waals surface area contributed by atoms with E-state index in [1.54, 1.807) is 0 Å². The summed E-state index contributed by atoms with van der Waals surface area (Å²) in [6.45, 7) is 3.95. The molecule has 160 valence electrons. The van der Waals surface area contributed by atoms with Gasteiger partial charge in [0.05, 0.1) is 11.6 Å². The highest BCUT2D eigenvalue weighted by atomic mass is 32.2. The predicted octanol–water partition coefficient (Wildman–Crippen LogP) is 4.55. The van der Waals surface area contributed by atoms with Gasteiger partial charge in [-0.2, -0.15) is 0 Å². The zero-order chi connectivity index (χ0) is 22.0. The first kappa shape index (κ1) is 21.2. The van der Waals surface area contributed by atoms with Crippen LogP contribution >= 0.6 is 11.8 Å². The molecule has 0 N–H and O–H groups in total. The zero-order valence-electron chi connectivity index (χ0n) is 17.6. The van der Waals surface area contributed by atoms with E-state index in [0.717, 1.165) is 10.5 Å². The molecule has 0 aliphatic carbocycles. The predicted molar refractivity (Wildman–Crippen MR) is 119 cm³/mol. The highest BCUT2D eigenvalue weighted by Crippen LogP contribution is 2.38. The lowest BCUT2D eigenvalue weighted by Gasteiger charge is -2.36. The molecule has 0 unspecified atom stereocenters. The fourth-order valence-corrected chi connectivity index (χ4v) is 4.74. The number of thioether (sulfide) groups is 1. The van der Waals surface area contributed by atoms with E-state index >= 15 is 0 Å². The molecule has 0 fully saturated rings. The second-order valence-electron chi connectivity index (χ2n) is 7.70. The van der Waals surface area contributed by atoms with Crippen molar-refractivity contribution in [3.8, 4) is 0 Å². The van der Waals surface area contributed by atoms with Gasteiger partial charge in [-0.3, -0.25) is 5.01 Å². The summed E-state index contributed by atoms with van der Waals surface area (Å²) in [5.41, 5.74) is 1.44. The van der Waals surface area contributed by atoms with E-state index in [0.29, 0.717) is 22.8 Å². The van der Waals surface area contributed by atoms with Crippen molar-refractivity contribution in [2.24, 2.45) is 11.0 Å². The Morgan fingerprint density at radius 3 is 2.35 bits per heavy atom. The van der Waals surface area contributed by atoms with Crippen molar-refractivity contribution in [1.29, 1.82) is 0 Å². The summed E-state index contributed by atoms with van der Waals surface area (Å²) in [4.78, 5) is 26.0. The zero-order valence-corrected chi connectivity index (χ0v) is 18.5. The molecule has 0 spiro atoms. The van der Waals surface area contributed by atoms with Crippen molar-refractivity contribution in [2.45, 2.75) is 37.3 Å². The van der Waals surface area contributed by atoms with E-state index in [1.165, 1.54) is 11.8 Å². The first-order chi connectivity index (χ1) is 14.9. The van der Waals surface area contributed by atoms with Gasteiger partial charge in [-0.05, 0) is 30.5 Å². The third kappa shape index (κ3) is 4.51. The molecule has 0 radical (unpaired) electrons. The van der Waals surface area contributed by atoms with Crippen LogP contribution < -0.4 is 0 Å². The maximum Gasteiger partial charge on any atom is 0.353 e. The molecular weight excluding hydrogens is 412 g/mol. The number of ether oxygens (including phenoxy) is 2. The minimum absolute atomic E-state index is 0.0582. The minimum atomic E-state index is -0.597. The summed E-state index contributed by atoms with van der Waals surface area (Å²) in [6, 6.07) is 19.5. The smallest absolute Gasteiger partial charge is 0.353 e. The van der Waals surface area contributed by atoms with Gasteiger partial charge in [-0.15, -0.1) is 5.10 Å². The molecule has 2 aromatic rings. The normalized spacial score (nSPS) is 22.2. The summed E-state index contributed by atoms with van der Waals surface area (Å²) in [7, 11) is 1.91.